The highest BCUT2D eigenvalue weighted by atomic mass is 16.5. The van der Waals surface area contributed by atoms with Gasteiger partial charge in [-0.2, -0.15) is 0 Å². The molecule has 2 aromatic carbocycles. The second-order valence-electron chi connectivity index (χ2n) is 10.9. The summed E-state index contributed by atoms with van der Waals surface area (Å²) in [5.74, 6) is 0.611. The Kier molecular flexibility index (Phi) is 5.51. The number of fused-ring (bicyclic) bond motifs is 2. The monoisotopic (exact) mass is 432 g/mol. The SMILES string of the molecule is CCOC(=O)/C=C/c1ccc2c(c1)C(C)(c1cc3c(cc1C)C(C)(C)CCC3(C)C)CO2. The van der Waals surface area contributed by atoms with E-state index in [0.717, 1.165) is 11.3 Å². The molecule has 2 aliphatic rings. The molecule has 0 N–H and O–H groups in total. The number of rotatable bonds is 4. The van der Waals surface area contributed by atoms with Gasteiger partial charge in [0.25, 0.3) is 0 Å². The molecule has 32 heavy (non-hydrogen) atoms. The number of hydrogen-bond acceptors (Lipinski definition) is 3. The van der Waals surface area contributed by atoms with Crippen LogP contribution in [0.4, 0.5) is 0 Å². The van der Waals surface area contributed by atoms with Gasteiger partial charge in [0.2, 0.25) is 0 Å². The van der Waals surface area contributed by atoms with Crippen LogP contribution < -0.4 is 4.74 Å². The van der Waals surface area contributed by atoms with Gasteiger partial charge in [-0.15, -0.1) is 0 Å². The van der Waals surface area contributed by atoms with E-state index < -0.39 is 0 Å². The zero-order valence-corrected chi connectivity index (χ0v) is 20.6. The summed E-state index contributed by atoms with van der Waals surface area (Å²) in [5.41, 5.74) is 7.91. The topological polar surface area (TPSA) is 35.5 Å². The Balaban J connectivity index is 1.80. The lowest BCUT2D eigenvalue weighted by Crippen LogP contribution is -2.35. The van der Waals surface area contributed by atoms with Gasteiger partial charge in [-0.1, -0.05) is 45.9 Å². The van der Waals surface area contributed by atoms with E-state index in [-0.39, 0.29) is 22.2 Å². The Morgan fingerprint density at radius 3 is 2.28 bits per heavy atom. The molecule has 0 saturated heterocycles. The third kappa shape index (κ3) is 3.76. The lowest BCUT2D eigenvalue weighted by atomic mass is 9.61. The van der Waals surface area contributed by atoms with Gasteiger partial charge in [-0.25, -0.2) is 4.79 Å². The standard InChI is InChI=1S/C29H36O3/c1-8-31-26(30)12-10-20-9-11-25-24(16-20)29(7,18-32-25)21-17-23-22(15-19(21)2)27(3,4)13-14-28(23,5)6/h9-12,15-17H,8,13-14,18H2,1-7H3/b12-10+. The van der Waals surface area contributed by atoms with Crippen LogP contribution in [-0.4, -0.2) is 19.2 Å². The molecule has 0 aromatic heterocycles. The number of hydrogen-bond donors (Lipinski definition) is 0. The first-order chi connectivity index (χ1) is 15.0. The molecule has 0 spiro atoms. The third-order valence-corrected chi connectivity index (χ3v) is 7.61. The second-order valence-corrected chi connectivity index (χ2v) is 10.9. The van der Waals surface area contributed by atoms with Crippen molar-refractivity contribution in [2.45, 2.75) is 77.6 Å². The van der Waals surface area contributed by atoms with Crippen LogP contribution in [0.15, 0.2) is 36.4 Å². The average Bonchev–Trinajstić information content (AvgIpc) is 3.07. The molecule has 1 heterocycles. The van der Waals surface area contributed by atoms with Crippen molar-refractivity contribution in [1.29, 1.82) is 0 Å². The van der Waals surface area contributed by atoms with Crippen molar-refractivity contribution >= 4 is 12.0 Å². The highest BCUT2D eigenvalue weighted by molar-refractivity contribution is 5.87. The van der Waals surface area contributed by atoms with Crippen LogP contribution in [0.25, 0.3) is 6.08 Å². The first-order valence-electron chi connectivity index (χ1n) is 11.8. The molecule has 0 fully saturated rings. The highest BCUT2D eigenvalue weighted by Gasteiger charge is 2.43. The third-order valence-electron chi connectivity index (χ3n) is 7.61. The van der Waals surface area contributed by atoms with Gasteiger partial charge in [-0.05, 0) is 90.5 Å². The molecule has 1 atom stereocenters. The van der Waals surface area contributed by atoms with Crippen LogP contribution in [0.3, 0.4) is 0 Å². The highest BCUT2D eigenvalue weighted by Crippen LogP contribution is 2.50. The molecular weight excluding hydrogens is 396 g/mol. The van der Waals surface area contributed by atoms with Crippen molar-refractivity contribution in [3.05, 3.63) is 69.8 Å². The van der Waals surface area contributed by atoms with E-state index in [4.69, 9.17) is 9.47 Å². The molecule has 3 nitrogen and oxygen atoms in total. The molecule has 4 rings (SSSR count). The van der Waals surface area contributed by atoms with Gasteiger partial charge < -0.3 is 9.47 Å². The van der Waals surface area contributed by atoms with E-state index in [1.165, 1.54) is 46.7 Å². The van der Waals surface area contributed by atoms with E-state index in [0.29, 0.717) is 13.2 Å². The lowest BCUT2D eigenvalue weighted by Gasteiger charge is -2.43. The molecule has 0 radical (unpaired) electrons. The normalized spacial score (nSPS) is 22.8. The Hall–Kier alpha value is -2.55. The van der Waals surface area contributed by atoms with Gasteiger partial charge >= 0.3 is 5.97 Å². The number of carbonyl (C=O) groups is 1. The summed E-state index contributed by atoms with van der Waals surface area (Å²) in [6.07, 6.45) is 5.72. The first-order valence-corrected chi connectivity index (χ1v) is 11.8. The summed E-state index contributed by atoms with van der Waals surface area (Å²) in [4.78, 5) is 11.8. The molecule has 1 aliphatic carbocycles. The summed E-state index contributed by atoms with van der Waals surface area (Å²) >= 11 is 0. The number of aryl methyl sites for hydroxylation is 1. The molecule has 0 bridgehead atoms. The van der Waals surface area contributed by atoms with Crippen molar-refractivity contribution in [2.75, 3.05) is 13.2 Å². The summed E-state index contributed by atoms with van der Waals surface area (Å²) in [5, 5.41) is 0. The molecule has 1 unspecified atom stereocenters. The molecule has 0 amide bonds. The Bertz CT molecular complexity index is 1090. The van der Waals surface area contributed by atoms with Crippen molar-refractivity contribution in [3.63, 3.8) is 0 Å². The van der Waals surface area contributed by atoms with Crippen LogP contribution >= 0.6 is 0 Å². The van der Waals surface area contributed by atoms with Gasteiger partial charge in [0, 0.05) is 11.6 Å². The van der Waals surface area contributed by atoms with Crippen LogP contribution in [0.2, 0.25) is 0 Å². The van der Waals surface area contributed by atoms with Crippen molar-refractivity contribution in [1.82, 2.24) is 0 Å². The molecule has 0 saturated carbocycles. The average molecular weight is 433 g/mol. The van der Waals surface area contributed by atoms with E-state index in [1.54, 1.807) is 0 Å². The first kappa shape index (κ1) is 22.6. The maximum atomic E-state index is 11.8. The zero-order valence-electron chi connectivity index (χ0n) is 20.6. The second kappa shape index (κ2) is 7.79. The number of ether oxygens (including phenoxy) is 2. The minimum Gasteiger partial charge on any atom is -0.492 e. The predicted molar refractivity (Wildman–Crippen MR) is 131 cm³/mol. The van der Waals surface area contributed by atoms with E-state index in [2.05, 4.69) is 59.7 Å². The molecule has 3 heteroatoms. The van der Waals surface area contributed by atoms with Gasteiger partial charge in [0.15, 0.2) is 0 Å². The number of esters is 1. The maximum Gasteiger partial charge on any atom is 0.330 e. The molecule has 1 aliphatic heterocycles. The van der Waals surface area contributed by atoms with Gasteiger partial charge in [0.1, 0.15) is 12.4 Å². The lowest BCUT2D eigenvalue weighted by molar-refractivity contribution is -0.137. The molecule has 170 valence electrons. The number of carbonyl (C=O) groups excluding carboxylic acids is 1. The van der Waals surface area contributed by atoms with E-state index >= 15 is 0 Å². The summed E-state index contributed by atoms with van der Waals surface area (Å²) < 4.78 is 11.2. The number of benzene rings is 2. The van der Waals surface area contributed by atoms with Crippen LogP contribution in [0, 0.1) is 6.92 Å². The van der Waals surface area contributed by atoms with Crippen LogP contribution in [-0.2, 0) is 25.8 Å². The smallest absolute Gasteiger partial charge is 0.330 e. The zero-order chi connectivity index (χ0) is 23.3. The minimum absolute atomic E-state index is 0.163. The quantitative estimate of drug-likeness (QED) is 0.402. The Morgan fingerprint density at radius 1 is 0.969 bits per heavy atom. The largest absolute Gasteiger partial charge is 0.492 e. The van der Waals surface area contributed by atoms with Crippen molar-refractivity contribution < 1.29 is 14.3 Å². The van der Waals surface area contributed by atoms with E-state index in [1.807, 2.05) is 25.1 Å². The predicted octanol–water partition coefficient (Wildman–Crippen LogP) is 6.62. The minimum atomic E-state index is -0.317. The fourth-order valence-corrected chi connectivity index (χ4v) is 5.40. The molecular formula is C29H36O3. The van der Waals surface area contributed by atoms with Crippen LogP contribution in [0.1, 0.15) is 87.8 Å². The maximum absolute atomic E-state index is 11.8. The fourth-order valence-electron chi connectivity index (χ4n) is 5.40. The van der Waals surface area contributed by atoms with Crippen LogP contribution in [0.5, 0.6) is 5.75 Å². The summed E-state index contributed by atoms with van der Waals surface area (Å²) in [6.45, 7) is 16.8. The Labute approximate surface area is 192 Å². The van der Waals surface area contributed by atoms with Gasteiger partial charge in [-0.3, -0.25) is 0 Å². The Morgan fingerprint density at radius 2 is 1.62 bits per heavy atom. The van der Waals surface area contributed by atoms with Gasteiger partial charge in [0.05, 0.1) is 12.0 Å². The summed E-state index contributed by atoms with van der Waals surface area (Å²) in [7, 11) is 0. The molecule has 2 aromatic rings. The van der Waals surface area contributed by atoms with Crippen molar-refractivity contribution in [3.8, 4) is 5.75 Å². The summed E-state index contributed by atoms with van der Waals surface area (Å²) in [6, 6.07) is 11.1. The van der Waals surface area contributed by atoms with E-state index in [9.17, 15) is 4.79 Å². The van der Waals surface area contributed by atoms with Crippen molar-refractivity contribution in [2.24, 2.45) is 0 Å². The fraction of sp³-hybridized carbons (Fsp3) is 0.483.